The normalized spacial score (nSPS) is 14.3. The highest BCUT2D eigenvalue weighted by Crippen LogP contribution is 2.32. The highest BCUT2D eigenvalue weighted by molar-refractivity contribution is 5.76. The van der Waals surface area contributed by atoms with E-state index in [1.165, 1.54) is 16.8 Å². The highest BCUT2D eigenvalue weighted by atomic mass is 16.5. The monoisotopic (exact) mass is 359 g/mol. The van der Waals surface area contributed by atoms with Gasteiger partial charge in [-0.05, 0) is 24.6 Å². The molecule has 0 saturated heterocycles. The van der Waals surface area contributed by atoms with Gasteiger partial charge in [-0.15, -0.1) is 0 Å². The van der Waals surface area contributed by atoms with Gasteiger partial charge < -0.3 is 19.4 Å². The SMILES string of the molecule is C[C@@H](NC(=O)CCn1ccc(=O)[nH]c1=O)c1ccc2c(c1)OCCCO2. The second kappa shape index (κ2) is 7.90. The Balaban J connectivity index is 1.59. The Hall–Kier alpha value is -3.03. The van der Waals surface area contributed by atoms with Gasteiger partial charge in [0, 0.05) is 31.6 Å². The first kappa shape index (κ1) is 17.8. The number of aryl methyl sites for hydroxylation is 1. The molecule has 0 aliphatic carbocycles. The zero-order valence-corrected chi connectivity index (χ0v) is 14.5. The van der Waals surface area contributed by atoms with Gasteiger partial charge >= 0.3 is 5.69 Å². The summed E-state index contributed by atoms with van der Waals surface area (Å²) >= 11 is 0. The van der Waals surface area contributed by atoms with Gasteiger partial charge in [0.1, 0.15) is 0 Å². The maximum Gasteiger partial charge on any atom is 0.328 e. The molecule has 0 bridgehead atoms. The van der Waals surface area contributed by atoms with Crippen LogP contribution in [0.25, 0.3) is 0 Å². The van der Waals surface area contributed by atoms with Gasteiger partial charge in [0.05, 0.1) is 19.3 Å². The molecule has 0 radical (unpaired) electrons. The highest BCUT2D eigenvalue weighted by Gasteiger charge is 2.15. The number of hydrogen-bond acceptors (Lipinski definition) is 5. The van der Waals surface area contributed by atoms with Gasteiger partial charge in [0.15, 0.2) is 11.5 Å². The van der Waals surface area contributed by atoms with Crippen LogP contribution in [0.5, 0.6) is 11.5 Å². The summed E-state index contributed by atoms with van der Waals surface area (Å²) in [4.78, 5) is 37.0. The minimum absolute atomic E-state index is 0.126. The van der Waals surface area contributed by atoms with Crippen molar-refractivity contribution in [1.29, 1.82) is 0 Å². The van der Waals surface area contributed by atoms with Crippen molar-refractivity contribution in [3.63, 3.8) is 0 Å². The van der Waals surface area contributed by atoms with E-state index in [1.54, 1.807) is 0 Å². The van der Waals surface area contributed by atoms with Crippen molar-refractivity contribution in [2.24, 2.45) is 0 Å². The third kappa shape index (κ3) is 4.33. The number of H-pyrrole nitrogens is 1. The van der Waals surface area contributed by atoms with Crippen molar-refractivity contribution in [1.82, 2.24) is 14.9 Å². The smallest absolute Gasteiger partial charge is 0.328 e. The van der Waals surface area contributed by atoms with Crippen LogP contribution in [0.2, 0.25) is 0 Å². The van der Waals surface area contributed by atoms with Crippen molar-refractivity contribution in [2.75, 3.05) is 13.2 Å². The molecule has 138 valence electrons. The molecule has 1 aromatic carbocycles. The first-order chi connectivity index (χ1) is 12.5. The number of hydrogen-bond donors (Lipinski definition) is 2. The molecule has 1 aliphatic rings. The van der Waals surface area contributed by atoms with E-state index in [9.17, 15) is 14.4 Å². The summed E-state index contributed by atoms with van der Waals surface area (Å²) in [5.41, 5.74) is -0.0798. The van der Waals surface area contributed by atoms with Crippen molar-refractivity contribution >= 4 is 5.91 Å². The van der Waals surface area contributed by atoms with Crippen LogP contribution in [-0.4, -0.2) is 28.7 Å². The second-order valence-corrected chi connectivity index (χ2v) is 6.10. The Morgan fingerprint density at radius 3 is 2.77 bits per heavy atom. The summed E-state index contributed by atoms with van der Waals surface area (Å²) < 4.78 is 12.6. The molecule has 2 heterocycles. The molecule has 8 nitrogen and oxygen atoms in total. The molecule has 8 heteroatoms. The van der Waals surface area contributed by atoms with Crippen LogP contribution in [0.4, 0.5) is 0 Å². The molecule has 0 unspecified atom stereocenters. The van der Waals surface area contributed by atoms with Crippen LogP contribution in [0.3, 0.4) is 0 Å². The van der Waals surface area contributed by atoms with Crippen LogP contribution < -0.4 is 26.0 Å². The van der Waals surface area contributed by atoms with E-state index in [-0.39, 0.29) is 24.9 Å². The van der Waals surface area contributed by atoms with E-state index in [4.69, 9.17) is 9.47 Å². The average Bonchev–Trinajstić information content (AvgIpc) is 2.85. The molecule has 3 rings (SSSR count). The van der Waals surface area contributed by atoms with Crippen LogP contribution >= 0.6 is 0 Å². The number of amides is 1. The fourth-order valence-electron chi connectivity index (χ4n) is 2.69. The fraction of sp³-hybridized carbons (Fsp3) is 0.389. The predicted octanol–water partition coefficient (Wildman–Crippen LogP) is 0.965. The summed E-state index contributed by atoms with van der Waals surface area (Å²) in [5.74, 6) is 1.20. The fourth-order valence-corrected chi connectivity index (χ4v) is 2.69. The largest absolute Gasteiger partial charge is 0.490 e. The van der Waals surface area contributed by atoms with Gasteiger partial charge in [0.2, 0.25) is 5.91 Å². The second-order valence-electron chi connectivity index (χ2n) is 6.10. The van der Waals surface area contributed by atoms with E-state index < -0.39 is 11.2 Å². The minimum Gasteiger partial charge on any atom is -0.490 e. The Bertz CT molecular complexity index is 902. The molecule has 26 heavy (non-hydrogen) atoms. The maximum atomic E-state index is 12.2. The van der Waals surface area contributed by atoms with Crippen LogP contribution in [-0.2, 0) is 11.3 Å². The van der Waals surface area contributed by atoms with Gasteiger partial charge in [-0.3, -0.25) is 14.6 Å². The van der Waals surface area contributed by atoms with E-state index in [0.29, 0.717) is 24.7 Å². The number of fused-ring (bicyclic) bond motifs is 1. The third-order valence-electron chi connectivity index (χ3n) is 4.13. The van der Waals surface area contributed by atoms with Crippen molar-refractivity contribution in [3.05, 3.63) is 56.9 Å². The molecule has 1 atom stereocenters. The molecular weight excluding hydrogens is 338 g/mol. The maximum absolute atomic E-state index is 12.2. The molecule has 1 amide bonds. The van der Waals surface area contributed by atoms with Crippen molar-refractivity contribution < 1.29 is 14.3 Å². The molecule has 0 saturated carbocycles. The Morgan fingerprint density at radius 1 is 1.23 bits per heavy atom. The van der Waals surface area contributed by atoms with Gasteiger partial charge in [-0.25, -0.2) is 4.79 Å². The molecule has 2 N–H and O–H groups in total. The van der Waals surface area contributed by atoms with E-state index in [2.05, 4.69) is 10.3 Å². The van der Waals surface area contributed by atoms with Gasteiger partial charge in [0.25, 0.3) is 5.56 Å². The number of aromatic amines is 1. The van der Waals surface area contributed by atoms with Gasteiger partial charge in [-0.1, -0.05) is 6.07 Å². The number of aromatic nitrogens is 2. The lowest BCUT2D eigenvalue weighted by atomic mass is 10.1. The summed E-state index contributed by atoms with van der Waals surface area (Å²) in [6.45, 7) is 3.30. The summed E-state index contributed by atoms with van der Waals surface area (Å²) in [7, 11) is 0. The first-order valence-electron chi connectivity index (χ1n) is 8.51. The Labute approximate surface area is 149 Å². The lowest BCUT2D eigenvalue weighted by Crippen LogP contribution is -2.32. The number of carbonyl (C=O) groups excluding carboxylic acids is 1. The molecule has 1 aromatic heterocycles. The number of nitrogens with zero attached hydrogens (tertiary/aromatic N) is 1. The van der Waals surface area contributed by atoms with E-state index in [1.807, 2.05) is 25.1 Å². The summed E-state index contributed by atoms with van der Waals surface area (Å²) in [5, 5.41) is 2.90. The Kier molecular flexibility index (Phi) is 5.40. The molecule has 0 spiro atoms. The van der Waals surface area contributed by atoms with Crippen molar-refractivity contribution in [3.8, 4) is 11.5 Å². The summed E-state index contributed by atoms with van der Waals surface area (Å²) in [6, 6.07) is 6.65. The molecule has 2 aromatic rings. The summed E-state index contributed by atoms with van der Waals surface area (Å²) in [6.07, 6.45) is 2.34. The standard InChI is InChI=1S/C18H21N3O5/c1-12(13-3-4-14-15(11-13)26-10-2-9-25-14)19-16(22)5-7-21-8-6-17(23)20-18(21)24/h3-4,6,8,11-12H,2,5,7,9-10H2,1H3,(H,19,22)(H,20,23,24)/t12-/m1/s1. The Morgan fingerprint density at radius 2 is 2.00 bits per heavy atom. The molecular formula is C18H21N3O5. The number of carbonyl (C=O) groups is 1. The van der Waals surface area contributed by atoms with E-state index in [0.717, 1.165) is 12.0 Å². The van der Waals surface area contributed by atoms with Crippen LogP contribution in [0.15, 0.2) is 40.1 Å². The number of ether oxygens (including phenoxy) is 2. The zero-order valence-electron chi connectivity index (χ0n) is 14.5. The lowest BCUT2D eigenvalue weighted by molar-refractivity contribution is -0.122. The number of nitrogens with one attached hydrogen (secondary N) is 2. The first-order valence-corrected chi connectivity index (χ1v) is 8.51. The van der Waals surface area contributed by atoms with Gasteiger partial charge in [-0.2, -0.15) is 0 Å². The molecule has 1 aliphatic heterocycles. The zero-order chi connectivity index (χ0) is 18.5. The number of benzene rings is 1. The van der Waals surface area contributed by atoms with Crippen LogP contribution in [0, 0.1) is 0 Å². The lowest BCUT2D eigenvalue weighted by Gasteiger charge is -2.16. The third-order valence-corrected chi connectivity index (χ3v) is 4.13. The quantitative estimate of drug-likeness (QED) is 0.828. The number of rotatable bonds is 5. The van der Waals surface area contributed by atoms with E-state index >= 15 is 0 Å². The average molecular weight is 359 g/mol. The topological polar surface area (TPSA) is 102 Å². The predicted molar refractivity (Wildman–Crippen MR) is 94.5 cm³/mol. The molecule has 0 fully saturated rings. The van der Waals surface area contributed by atoms with Crippen molar-refractivity contribution in [2.45, 2.75) is 32.4 Å². The minimum atomic E-state index is -0.527. The van der Waals surface area contributed by atoms with Crippen LogP contribution in [0.1, 0.15) is 31.4 Å².